The summed E-state index contributed by atoms with van der Waals surface area (Å²) >= 11 is 17.7. The summed E-state index contributed by atoms with van der Waals surface area (Å²) in [5.41, 5.74) is 6.28. The van der Waals surface area contributed by atoms with E-state index in [-0.39, 0.29) is 22.3 Å². The number of nitrogen functional groups attached to an aromatic ring is 1. The van der Waals surface area contributed by atoms with Gasteiger partial charge in [0.25, 0.3) is 0 Å². The number of halogens is 3. The number of nitrogens with zero attached hydrogens (tertiary/aromatic N) is 2. The third kappa shape index (κ3) is 3.02. The molecule has 0 saturated carbocycles. The molecule has 0 radical (unpaired) electrons. The summed E-state index contributed by atoms with van der Waals surface area (Å²) in [6.07, 6.45) is 1.34. The van der Waals surface area contributed by atoms with Crippen LogP contribution in [0.4, 0.5) is 5.69 Å². The number of aromatic nitrogens is 1. The Labute approximate surface area is 124 Å². The van der Waals surface area contributed by atoms with Gasteiger partial charge >= 0.3 is 0 Å². The Morgan fingerprint density at radius 2 is 1.79 bits per heavy atom. The molecule has 2 aromatic rings. The summed E-state index contributed by atoms with van der Waals surface area (Å²) in [5, 5.41) is 9.61. The molecule has 0 amide bonds. The number of benzene rings is 1. The molecule has 1 heterocycles. The number of nitriles is 1. The molecule has 1 aromatic heterocycles. The Hall–Kier alpha value is -1.67. The number of anilines is 1. The molecule has 7 heteroatoms. The highest BCUT2D eigenvalue weighted by Crippen LogP contribution is 2.37. The lowest BCUT2D eigenvalue weighted by Gasteiger charge is -2.09. The van der Waals surface area contributed by atoms with E-state index in [4.69, 9.17) is 50.5 Å². The van der Waals surface area contributed by atoms with Crippen LogP contribution < -0.4 is 10.5 Å². The molecule has 0 unspecified atom stereocenters. The third-order valence-corrected chi connectivity index (χ3v) is 3.21. The summed E-state index contributed by atoms with van der Waals surface area (Å²) in [6.45, 7) is 0. The Kier molecular flexibility index (Phi) is 4.01. The van der Waals surface area contributed by atoms with Gasteiger partial charge in [0.15, 0.2) is 0 Å². The van der Waals surface area contributed by atoms with E-state index in [2.05, 4.69) is 4.98 Å². The van der Waals surface area contributed by atoms with Crippen molar-refractivity contribution in [2.75, 3.05) is 5.73 Å². The van der Waals surface area contributed by atoms with Crippen LogP contribution >= 0.6 is 34.8 Å². The van der Waals surface area contributed by atoms with Crippen LogP contribution in [0.5, 0.6) is 11.6 Å². The number of pyridine rings is 1. The number of hydrogen-bond donors (Lipinski definition) is 1. The Morgan fingerprint density at radius 3 is 2.42 bits per heavy atom. The van der Waals surface area contributed by atoms with E-state index < -0.39 is 0 Å². The zero-order valence-electron chi connectivity index (χ0n) is 9.32. The zero-order chi connectivity index (χ0) is 14.0. The summed E-state index contributed by atoms with van der Waals surface area (Å²) in [4.78, 5) is 3.93. The van der Waals surface area contributed by atoms with E-state index >= 15 is 0 Å². The fourth-order valence-electron chi connectivity index (χ4n) is 1.30. The zero-order valence-corrected chi connectivity index (χ0v) is 11.6. The van der Waals surface area contributed by atoms with Crippen molar-refractivity contribution in [3.8, 4) is 17.7 Å². The topological polar surface area (TPSA) is 71.9 Å². The first-order valence-electron chi connectivity index (χ1n) is 4.99. The average molecular weight is 315 g/mol. The third-order valence-electron chi connectivity index (χ3n) is 2.19. The molecule has 0 aliphatic heterocycles. The van der Waals surface area contributed by atoms with Gasteiger partial charge in [0.05, 0.1) is 26.3 Å². The molecule has 0 saturated heterocycles. The number of rotatable bonds is 2. The molecule has 0 atom stereocenters. The van der Waals surface area contributed by atoms with Crippen molar-refractivity contribution in [1.82, 2.24) is 4.98 Å². The SMILES string of the molecule is N#Cc1cnc(Oc2cc(Cl)c(Cl)cc2Cl)c(N)c1. The molecule has 0 aliphatic carbocycles. The number of nitrogens with two attached hydrogens (primary N) is 1. The predicted molar refractivity (Wildman–Crippen MR) is 74.9 cm³/mol. The minimum atomic E-state index is 0.138. The Bertz CT molecular complexity index is 683. The highest BCUT2D eigenvalue weighted by Gasteiger charge is 2.11. The monoisotopic (exact) mass is 313 g/mol. The van der Waals surface area contributed by atoms with E-state index in [0.717, 1.165) is 0 Å². The number of hydrogen-bond acceptors (Lipinski definition) is 4. The van der Waals surface area contributed by atoms with Gasteiger partial charge in [0, 0.05) is 12.3 Å². The van der Waals surface area contributed by atoms with Crippen LogP contribution in [0.25, 0.3) is 0 Å². The second-order valence-electron chi connectivity index (χ2n) is 3.53. The summed E-state index contributed by atoms with van der Waals surface area (Å²) < 4.78 is 5.45. The maximum Gasteiger partial charge on any atom is 0.242 e. The van der Waals surface area contributed by atoms with E-state index in [0.29, 0.717) is 15.6 Å². The van der Waals surface area contributed by atoms with Gasteiger partial charge in [-0.05, 0) is 12.1 Å². The van der Waals surface area contributed by atoms with Gasteiger partial charge < -0.3 is 10.5 Å². The minimum Gasteiger partial charge on any atom is -0.435 e. The predicted octanol–water partition coefficient (Wildman–Crippen LogP) is 4.29. The number of ether oxygens (including phenoxy) is 1. The normalized spacial score (nSPS) is 10.0. The standard InChI is InChI=1S/C12H6Cl3N3O/c13-7-2-9(15)11(3-8(7)14)19-12-10(17)1-6(4-16)5-18-12/h1-3,5H,17H2. The maximum atomic E-state index is 8.71. The van der Waals surface area contributed by atoms with Crippen molar-refractivity contribution in [3.63, 3.8) is 0 Å². The van der Waals surface area contributed by atoms with Gasteiger partial charge in [-0.15, -0.1) is 0 Å². The van der Waals surface area contributed by atoms with Crippen molar-refractivity contribution < 1.29 is 4.74 Å². The molecule has 19 heavy (non-hydrogen) atoms. The van der Waals surface area contributed by atoms with Gasteiger partial charge in [0.1, 0.15) is 11.8 Å². The van der Waals surface area contributed by atoms with E-state index in [1.54, 1.807) is 0 Å². The molecular weight excluding hydrogens is 309 g/mol. The molecule has 0 aliphatic rings. The molecule has 0 fully saturated rings. The summed E-state index contributed by atoms with van der Waals surface area (Å²) in [5.74, 6) is 0.416. The van der Waals surface area contributed by atoms with Crippen LogP contribution in [0.1, 0.15) is 5.56 Å². The van der Waals surface area contributed by atoms with Crippen LogP contribution in [0, 0.1) is 11.3 Å². The van der Waals surface area contributed by atoms with Crippen LogP contribution in [-0.4, -0.2) is 4.98 Å². The Balaban J connectivity index is 2.37. The smallest absolute Gasteiger partial charge is 0.242 e. The molecule has 96 valence electrons. The lowest BCUT2D eigenvalue weighted by Crippen LogP contribution is -1.96. The Morgan fingerprint density at radius 1 is 1.11 bits per heavy atom. The van der Waals surface area contributed by atoms with Crippen molar-refractivity contribution >= 4 is 40.5 Å². The van der Waals surface area contributed by atoms with E-state index in [1.165, 1.54) is 24.4 Å². The molecule has 1 aromatic carbocycles. The van der Waals surface area contributed by atoms with Gasteiger partial charge in [0.2, 0.25) is 5.88 Å². The van der Waals surface area contributed by atoms with Crippen LogP contribution in [0.15, 0.2) is 24.4 Å². The van der Waals surface area contributed by atoms with Gasteiger partial charge in [-0.25, -0.2) is 4.98 Å². The van der Waals surface area contributed by atoms with E-state index in [1.807, 2.05) is 6.07 Å². The van der Waals surface area contributed by atoms with Gasteiger partial charge in [-0.1, -0.05) is 34.8 Å². The highest BCUT2D eigenvalue weighted by atomic mass is 35.5. The fraction of sp³-hybridized carbons (Fsp3) is 0. The molecule has 0 bridgehead atoms. The summed E-state index contributed by atoms with van der Waals surface area (Å²) in [6, 6.07) is 6.30. The minimum absolute atomic E-state index is 0.138. The van der Waals surface area contributed by atoms with Crippen molar-refractivity contribution in [3.05, 3.63) is 45.0 Å². The first-order chi connectivity index (χ1) is 9.01. The first-order valence-corrected chi connectivity index (χ1v) is 6.12. The second kappa shape index (κ2) is 5.54. The maximum absolute atomic E-state index is 8.71. The molecule has 4 nitrogen and oxygen atoms in total. The second-order valence-corrected chi connectivity index (χ2v) is 4.75. The summed E-state index contributed by atoms with van der Waals surface area (Å²) in [7, 11) is 0. The highest BCUT2D eigenvalue weighted by molar-refractivity contribution is 6.43. The largest absolute Gasteiger partial charge is 0.435 e. The van der Waals surface area contributed by atoms with Crippen LogP contribution in [0.3, 0.4) is 0 Å². The lowest BCUT2D eigenvalue weighted by atomic mass is 10.3. The van der Waals surface area contributed by atoms with Crippen LogP contribution in [-0.2, 0) is 0 Å². The average Bonchev–Trinajstić information content (AvgIpc) is 2.38. The fourth-order valence-corrected chi connectivity index (χ4v) is 1.88. The van der Waals surface area contributed by atoms with Crippen molar-refractivity contribution in [1.29, 1.82) is 5.26 Å². The van der Waals surface area contributed by atoms with Gasteiger partial charge in [-0.2, -0.15) is 5.26 Å². The first kappa shape index (κ1) is 13.8. The molecule has 2 N–H and O–H groups in total. The van der Waals surface area contributed by atoms with Crippen molar-refractivity contribution in [2.45, 2.75) is 0 Å². The molecular formula is C12H6Cl3N3O. The molecule has 0 spiro atoms. The quantitative estimate of drug-likeness (QED) is 0.839. The van der Waals surface area contributed by atoms with Crippen LogP contribution in [0.2, 0.25) is 15.1 Å². The lowest BCUT2D eigenvalue weighted by molar-refractivity contribution is 0.466. The molecule has 2 rings (SSSR count). The van der Waals surface area contributed by atoms with Gasteiger partial charge in [-0.3, -0.25) is 0 Å². The van der Waals surface area contributed by atoms with E-state index in [9.17, 15) is 0 Å². The van der Waals surface area contributed by atoms with Crippen molar-refractivity contribution in [2.24, 2.45) is 0 Å².